The molecular formula is C17H31O3P. The van der Waals surface area contributed by atoms with Gasteiger partial charge in [-0.2, -0.15) is 0 Å². The molecule has 0 spiro atoms. The molecule has 0 saturated heterocycles. The summed E-state index contributed by atoms with van der Waals surface area (Å²) >= 11 is 0. The van der Waals surface area contributed by atoms with Crippen molar-refractivity contribution in [3.05, 3.63) is 11.4 Å². The Morgan fingerprint density at radius 1 is 1.33 bits per heavy atom. The summed E-state index contributed by atoms with van der Waals surface area (Å²) in [5.74, 6) is 1.78. The van der Waals surface area contributed by atoms with Gasteiger partial charge in [-0.05, 0) is 62.7 Å². The van der Waals surface area contributed by atoms with Crippen molar-refractivity contribution in [2.75, 3.05) is 13.2 Å². The molecule has 0 aliphatic heterocycles. The molecule has 0 aromatic rings. The summed E-state index contributed by atoms with van der Waals surface area (Å²) in [5, 5.41) is 0.971. The molecule has 122 valence electrons. The maximum Gasteiger partial charge on any atom is 0.357 e. The fraction of sp³-hybridized carbons (Fsp3) is 0.882. The summed E-state index contributed by atoms with van der Waals surface area (Å²) in [6.07, 6.45) is 6.82. The first-order chi connectivity index (χ1) is 9.86. The third kappa shape index (κ3) is 3.30. The van der Waals surface area contributed by atoms with Crippen LogP contribution in [0.15, 0.2) is 11.4 Å². The van der Waals surface area contributed by atoms with Crippen LogP contribution < -0.4 is 0 Å². The van der Waals surface area contributed by atoms with Gasteiger partial charge in [0.25, 0.3) is 0 Å². The van der Waals surface area contributed by atoms with E-state index < -0.39 is 7.60 Å². The first kappa shape index (κ1) is 17.2. The highest BCUT2D eigenvalue weighted by atomic mass is 31.2. The van der Waals surface area contributed by atoms with Gasteiger partial charge in [-0.25, -0.2) is 0 Å². The van der Waals surface area contributed by atoms with Crippen molar-refractivity contribution < 1.29 is 13.6 Å². The van der Waals surface area contributed by atoms with Gasteiger partial charge >= 0.3 is 7.60 Å². The van der Waals surface area contributed by atoms with Crippen LogP contribution in [0.3, 0.4) is 0 Å². The lowest BCUT2D eigenvalue weighted by atomic mass is 9.64. The van der Waals surface area contributed by atoms with Crippen molar-refractivity contribution in [1.82, 2.24) is 0 Å². The van der Waals surface area contributed by atoms with Gasteiger partial charge in [-0.1, -0.05) is 26.8 Å². The highest BCUT2D eigenvalue weighted by Gasteiger charge is 2.50. The molecule has 4 heteroatoms. The average molecular weight is 314 g/mol. The molecule has 0 aromatic carbocycles. The van der Waals surface area contributed by atoms with Crippen LogP contribution in [0.25, 0.3) is 0 Å². The minimum atomic E-state index is -3.09. The van der Waals surface area contributed by atoms with E-state index >= 15 is 0 Å². The topological polar surface area (TPSA) is 35.5 Å². The largest absolute Gasteiger partial charge is 0.357 e. The van der Waals surface area contributed by atoms with Gasteiger partial charge in [-0.15, -0.1) is 0 Å². The fourth-order valence-corrected chi connectivity index (χ4v) is 6.20. The standard InChI is InChI=1S/C17H31O3P/c1-6-19-21(18,20-7-2)16-9-11-17(5)10-8-14(13(3)4)12-15(16)17/h9,13-15H,6-8,10-12H2,1-5H3. The van der Waals surface area contributed by atoms with Crippen molar-refractivity contribution >= 4 is 7.60 Å². The number of allylic oxidation sites excluding steroid dienone is 2. The Kier molecular flexibility index (Phi) is 5.39. The highest BCUT2D eigenvalue weighted by Crippen LogP contribution is 2.68. The Balaban J connectivity index is 2.26. The molecule has 2 aliphatic carbocycles. The zero-order valence-electron chi connectivity index (χ0n) is 14.2. The fourth-order valence-electron chi connectivity index (χ4n) is 4.03. The van der Waals surface area contributed by atoms with Crippen molar-refractivity contribution in [2.24, 2.45) is 23.2 Å². The van der Waals surface area contributed by atoms with E-state index in [0.29, 0.717) is 25.0 Å². The summed E-state index contributed by atoms with van der Waals surface area (Å²) in [7, 11) is -3.09. The van der Waals surface area contributed by atoms with Crippen LogP contribution >= 0.6 is 7.60 Å². The molecular weight excluding hydrogens is 283 g/mol. The van der Waals surface area contributed by atoms with Crippen LogP contribution in [-0.2, 0) is 13.6 Å². The lowest BCUT2D eigenvalue weighted by Gasteiger charge is -2.43. The van der Waals surface area contributed by atoms with Gasteiger partial charge in [0.2, 0.25) is 0 Å². The van der Waals surface area contributed by atoms with E-state index in [1.54, 1.807) is 0 Å². The molecule has 1 saturated carbocycles. The lowest BCUT2D eigenvalue weighted by molar-refractivity contribution is 0.101. The van der Waals surface area contributed by atoms with Crippen LogP contribution in [-0.4, -0.2) is 13.2 Å². The van der Waals surface area contributed by atoms with Gasteiger partial charge in [0.15, 0.2) is 0 Å². The molecule has 0 radical (unpaired) electrons. The quantitative estimate of drug-likeness (QED) is 0.597. The predicted molar refractivity (Wildman–Crippen MR) is 87.3 cm³/mol. The van der Waals surface area contributed by atoms with E-state index in [9.17, 15) is 4.57 Å². The first-order valence-corrected chi connectivity index (χ1v) is 10.00. The van der Waals surface area contributed by atoms with E-state index in [1.165, 1.54) is 12.8 Å². The summed E-state index contributed by atoms with van der Waals surface area (Å²) in [6.45, 7) is 11.6. The summed E-state index contributed by atoms with van der Waals surface area (Å²) in [6, 6.07) is 0. The summed E-state index contributed by atoms with van der Waals surface area (Å²) in [5.41, 5.74) is 0.255. The minimum Gasteiger partial charge on any atom is -0.306 e. The lowest BCUT2D eigenvalue weighted by Crippen LogP contribution is -2.33. The second kappa shape index (κ2) is 6.56. The first-order valence-electron chi connectivity index (χ1n) is 8.46. The second-order valence-electron chi connectivity index (χ2n) is 7.15. The van der Waals surface area contributed by atoms with Crippen LogP contribution in [0.1, 0.15) is 60.3 Å². The van der Waals surface area contributed by atoms with Gasteiger partial charge in [0.1, 0.15) is 0 Å². The van der Waals surface area contributed by atoms with Crippen molar-refractivity contribution in [2.45, 2.75) is 60.3 Å². The Bertz CT molecular complexity index is 433. The zero-order valence-corrected chi connectivity index (χ0v) is 15.1. The van der Waals surface area contributed by atoms with Crippen LogP contribution in [0.2, 0.25) is 0 Å². The third-order valence-corrected chi connectivity index (χ3v) is 7.78. The Morgan fingerprint density at radius 3 is 2.48 bits per heavy atom. The van der Waals surface area contributed by atoms with Crippen LogP contribution in [0.5, 0.6) is 0 Å². The molecule has 3 unspecified atom stereocenters. The molecule has 0 N–H and O–H groups in total. The van der Waals surface area contributed by atoms with E-state index in [-0.39, 0.29) is 5.41 Å². The normalized spacial score (nSPS) is 33.1. The minimum absolute atomic E-state index is 0.255. The molecule has 0 aromatic heterocycles. The smallest absolute Gasteiger partial charge is 0.306 e. The van der Waals surface area contributed by atoms with Crippen molar-refractivity contribution in [3.63, 3.8) is 0 Å². The van der Waals surface area contributed by atoms with Crippen LogP contribution in [0.4, 0.5) is 0 Å². The SMILES string of the molecule is CCOP(=O)(OCC)C1=CCC2(C)CCC(C(C)C)CC12. The summed E-state index contributed by atoms with van der Waals surface area (Å²) < 4.78 is 24.4. The van der Waals surface area contributed by atoms with Gasteiger partial charge in [-0.3, -0.25) is 4.57 Å². The van der Waals surface area contributed by atoms with E-state index in [0.717, 1.165) is 24.1 Å². The molecule has 3 nitrogen and oxygen atoms in total. The molecule has 0 amide bonds. The van der Waals surface area contributed by atoms with E-state index in [1.807, 2.05) is 13.8 Å². The van der Waals surface area contributed by atoms with Crippen LogP contribution in [0, 0.1) is 23.2 Å². The molecule has 21 heavy (non-hydrogen) atoms. The molecule has 0 bridgehead atoms. The zero-order chi connectivity index (χ0) is 15.7. The third-order valence-electron chi connectivity index (χ3n) is 5.46. The molecule has 2 aliphatic rings. The van der Waals surface area contributed by atoms with Gasteiger partial charge in [0, 0.05) is 5.31 Å². The van der Waals surface area contributed by atoms with E-state index in [4.69, 9.17) is 9.05 Å². The Hall–Kier alpha value is -0.110. The molecule has 1 fully saturated rings. The van der Waals surface area contributed by atoms with Gasteiger partial charge < -0.3 is 9.05 Å². The van der Waals surface area contributed by atoms with Gasteiger partial charge in [0.05, 0.1) is 13.2 Å². The van der Waals surface area contributed by atoms with E-state index in [2.05, 4.69) is 26.8 Å². The maximum absolute atomic E-state index is 13.2. The highest BCUT2D eigenvalue weighted by molar-refractivity contribution is 7.58. The second-order valence-corrected chi connectivity index (χ2v) is 9.18. The molecule has 0 heterocycles. The number of hydrogen-bond acceptors (Lipinski definition) is 3. The predicted octanol–water partition coefficient (Wildman–Crippen LogP) is 5.62. The average Bonchev–Trinajstić information content (AvgIpc) is 2.76. The van der Waals surface area contributed by atoms with Crippen molar-refractivity contribution in [1.29, 1.82) is 0 Å². The number of rotatable bonds is 6. The maximum atomic E-state index is 13.2. The monoisotopic (exact) mass is 314 g/mol. The number of fused-ring (bicyclic) bond motifs is 1. The summed E-state index contributed by atoms with van der Waals surface area (Å²) in [4.78, 5) is 0. The number of hydrogen-bond donors (Lipinski definition) is 0. The van der Waals surface area contributed by atoms with Crippen molar-refractivity contribution in [3.8, 4) is 0 Å². The molecule has 2 rings (SSSR count). The Labute approximate surface area is 130 Å². The Morgan fingerprint density at radius 2 is 1.95 bits per heavy atom. The molecule has 3 atom stereocenters.